The molecule has 0 aliphatic carbocycles. The van der Waals surface area contributed by atoms with Crippen LogP contribution in [-0.2, 0) is 36.7 Å². The maximum Gasteiger partial charge on any atom is 0.305 e. The fourth-order valence-corrected chi connectivity index (χ4v) is 2.70. The van der Waals surface area contributed by atoms with Crippen LogP contribution in [0.15, 0.2) is 24.3 Å². The van der Waals surface area contributed by atoms with Gasteiger partial charge in [0, 0.05) is 25.7 Å². The molecular weight excluding hydrogens is 320 g/mol. The third-order valence-corrected chi connectivity index (χ3v) is 4.14. The van der Waals surface area contributed by atoms with Crippen molar-refractivity contribution in [3.63, 3.8) is 0 Å². The van der Waals surface area contributed by atoms with Crippen LogP contribution in [0.1, 0.15) is 56.1 Å². The van der Waals surface area contributed by atoms with Crippen LogP contribution in [0, 0.1) is 0 Å². The Hall–Kier alpha value is -2.17. The Balaban J connectivity index is 2.33. The summed E-state index contributed by atoms with van der Waals surface area (Å²) in [5.74, 6) is -0.268. The van der Waals surface area contributed by atoms with Crippen molar-refractivity contribution in [2.24, 2.45) is 0 Å². The Labute approximate surface area is 149 Å². The number of rotatable bonds is 12. The van der Waals surface area contributed by atoms with Gasteiger partial charge in [0.25, 0.3) is 0 Å². The molecule has 0 unspecified atom stereocenters. The number of ketones is 1. The van der Waals surface area contributed by atoms with Crippen LogP contribution >= 0.6 is 0 Å². The second-order valence-corrected chi connectivity index (χ2v) is 6.02. The number of hydrogen-bond donors (Lipinski definition) is 0. The molecule has 0 heterocycles. The number of aryl methyl sites for hydroxylation is 2. The van der Waals surface area contributed by atoms with Gasteiger partial charge < -0.3 is 9.47 Å². The molecule has 0 aromatic heterocycles. The minimum absolute atomic E-state index is 0.185. The van der Waals surface area contributed by atoms with Crippen LogP contribution in [0.2, 0.25) is 0 Å². The van der Waals surface area contributed by atoms with E-state index in [1.54, 1.807) is 0 Å². The smallest absolute Gasteiger partial charge is 0.305 e. The molecule has 0 N–H and O–H groups in total. The molecule has 1 aromatic carbocycles. The van der Waals surface area contributed by atoms with E-state index in [2.05, 4.69) is 21.6 Å². The SMILES string of the molecule is COC(=O)CCCC(=O)CCCc1ccccc1CCCC(=O)OC. The summed E-state index contributed by atoms with van der Waals surface area (Å²) in [4.78, 5) is 34.1. The van der Waals surface area contributed by atoms with Gasteiger partial charge in [-0.2, -0.15) is 0 Å². The molecule has 0 spiro atoms. The number of hydrogen-bond acceptors (Lipinski definition) is 5. The third-order valence-electron chi connectivity index (χ3n) is 4.14. The van der Waals surface area contributed by atoms with E-state index >= 15 is 0 Å². The van der Waals surface area contributed by atoms with Crippen molar-refractivity contribution >= 4 is 17.7 Å². The molecule has 5 nitrogen and oxygen atoms in total. The fraction of sp³-hybridized carbons (Fsp3) is 0.550. The summed E-state index contributed by atoms with van der Waals surface area (Å²) in [6.07, 6.45) is 5.45. The number of esters is 2. The largest absolute Gasteiger partial charge is 0.469 e. The van der Waals surface area contributed by atoms with E-state index in [1.165, 1.54) is 25.3 Å². The first-order chi connectivity index (χ1) is 12.1. The van der Waals surface area contributed by atoms with Crippen LogP contribution in [0.25, 0.3) is 0 Å². The average Bonchev–Trinajstić information content (AvgIpc) is 2.62. The molecule has 5 heteroatoms. The summed E-state index contributed by atoms with van der Waals surface area (Å²) >= 11 is 0. The molecule has 0 aliphatic heterocycles. The highest BCUT2D eigenvalue weighted by Gasteiger charge is 2.08. The monoisotopic (exact) mass is 348 g/mol. The normalized spacial score (nSPS) is 10.3. The highest BCUT2D eigenvalue weighted by atomic mass is 16.5. The van der Waals surface area contributed by atoms with Gasteiger partial charge in [0.05, 0.1) is 14.2 Å². The molecule has 0 aliphatic rings. The quantitative estimate of drug-likeness (QED) is 0.541. The molecule has 0 fully saturated rings. The van der Waals surface area contributed by atoms with Gasteiger partial charge in [-0.25, -0.2) is 0 Å². The van der Waals surface area contributed by atoms with Crippen LogP contribution in [0.5, 0.6) is 0 Å². The molecule has 0 atom stereocenters. The molecule has 138 valence electrons. The van der Waals surface area contributed by atoms with Crippen molar-refractivity contribution < 1.29 is 23.9 Å². The summed E-state index contributed by atoms with van der Waals surface area (Å²) in [6.45, 7) is 0. The van der Waals surface area contributed by atoms with E-state index in [0.717, 1.165) is 25.7 Å². The third kappa shape index (κ3) is 9.03. The number of Topliss-reactive ketones (excluding diaryl/α,β-unsaturated/α-hetero) is 1. The molecule has 1 rings (SSSR count). The number of methoxy groups -OCH3 is 2. The van der Waals surface area contributed by atoms with E-state index < -0.39 is 0 Å². The van der Waals surface area contributed by atoms with Gasteiger partial charge in [0.15, 0.2) is 0 Å². The Morgan fingerprint density at radius 2 is 1.16 bits per heavy atom. The van der Waals surface area contributed by atoms with Gasteiger partial charge >= 0.3 is 11.9 Å². The van der Waals surface area contributed by atoms with E-state index in [-0.39, 0.29) is 17.7 Å². The highest BCUT2D eigenvalue weighted by Crippen LogP contribution is 2.16. The molecule has 0 bridgehead atoms. The second kappa shape index (κ2) is 12.2. The van der Waals surface area contributed by atoms with E-state index in [0.29, 0.717) is 32.1 Å². The maximum atomic E-state index is 11.9. The van der Waals surface area contributed by atoms with Crippen molar-refractivity contribution in [1.82, 2.24) is 0 Å². The zero-order valence-electron chi connectivity index (χ0n) is 15.2. The minimum atomic E-state index is -0.270. The van der Waals surface area contributed by atoms with E-state index in [4.69, 9.17) is 0 Å². The first-order valence-corrected chi connectivity index (χ1v) is 8.79. The molecular formula is C20H28O5. The zero-order chi connectivity index (χ0) is 18.5. The average molecular weight is 348 g/mol. The molecule has 25 heavy (non-hydrogen) atoms. The van der Waals surface area contributed by atoms with Crippen LogP contribution in [-0.4, -0.2) is 31.9 Å². The standard InChI is InChI=1S/C20H28O5/c1-24-19(22)14-6-11-17-9-4-3-8-16(17)10-5-12-18(21)13-7-15-20(23)25-2/h3-4,8-9H,5-7,10-15H2,1-2H3. The van der Waals surface area contributed by atoms with Gasteiger partial charge in [0.1, 0.15) is 5.78 Å². The molecule has 1 aromatic rings. The lowest BCUT2D eigenvalue weighted by molar-refractivity contribution is -0.141. The second-order valence-electron chi connectivity index (χ2n) is 6.02. The number of ether oxygens (including phenoxy) is 2. The molecule has 0 saturated heterocycles. The van der Waals surface area contributed by atoms with Crippen molar-refractivity contribution in [3.05, 3.63) is 35.4 Å². The summed E-state index contributed by atoms with van der Waals surface area (Å²) in [5, 5.41) is 0. The summed E-state index contributed by atoms with van der Waals surface area (Å²) < 4.78 is 9.22. The van der Waals surface area contributed by atoms with Crippen molar-refractivity contribution in [3.8, 4) is 0 Å². The Kier molecular flexibility index (Phi) is 10.2. The summed E-state index contributed by atoms with van der Waals surface area (Å²) in [7, 11) is 2.76. The van der Waals surface area contributed by atoms with Crippen LogP contribution in [0.3, 0.4) is 0 Å². The topological polar surface area (TPSA) is 69.7 Å². The van der Waals surface area contributed by atoms with Crippen molar-refractivity contribution in [2.75, 3.05) is 14.2 Å². The maximum absolute atomic E-state index is 11.9. The number of carbonyl (C=O) groups is 3. The van der Waals surface area contributed by atoms with Gasteiger partial charge in [-0.3, -0.25) is 14.4 Å². The summed E-state index contributed by atoms with van der Waals surface area (Å²) in [6, 6.07) is 8.15. The molecule has 0 radical (unpaired) electrons. The Morgan fingerprint density at radius 3 is 1.68 bits per heavy atom. The van der Waals surface area contributed by atoms with Gasteiger partial charge in [-0.05, 0) is 43.2 Å². The predicted octanol–water partition coefficient (Wildman–Crippen LogP) is 3.42. The van der Waals surface area contributed by atoms with Crippen LogP contribution in [0.4, 0.5) is 0 Å². The first kappa shape index (κ1) is 20.9. The van der Waals surface area contributed by atoms with Gasteiger partial charge in [-0.15, -0.1) is 0 Å². The van der Waals surface area contributed by atoms with Crippen LogP contribution < -0.4 is 0 Å². The van der Waals surface area contributed by atoms with Crippen molar-refractivity contribution in [2.45, 2.75) is 57.8 Å². The van der Waals surface area contributed by atoms with E-state index in [1.807, 2.05) is 12.1 Å². The Morgan fingerprint density at radius 1 is 0.720 bits per heavy atom. The predicted molar refractivity (Wildman–Crippen MR) is 95.2 cm³/mol. The Bertz CT molecular complexity index is 565. The number of carbonyl (C=O) groups excluding carboxylic acids is 3. The fourth-order valence-electron chi connectivity index (χ4n) is 2.70. The van der Waals surface area contributed by atoms with Gasteiger partial charge in [-0.1, -0.05) is 24.3 Å². The van der Waals surface area contributed by atoms with Crippen molar-refractivity contribution in [1.29, 1.82) is 0 Å². The lowest BCUT2D eigenvalue weighted by atomic mass is 9.97. The van der Waals surface area contributed by atoms with Gasteiger partial charge in [0.2, 0.25) is 0 Å². The first-order valence-electron chi connectivity index (χ1n) is 8.79. The zero-order valence-corrected chi connectivity index (χ0v) is 15.2. The highest BCUT2D eigenvalue weighted by molar-refractivity contribution is 5.79. The minimum Gasteiger partial charge on any atom is -0.469 e. The van der Waals surface area contributed by atoms with E-state index in [9.17, 15) is 14.4 Å². The molecule has 0 amide bonds. The lowest BCUT2D eigenvalue weighted by Crippen LogP contribution is -2.04. The summed E-state index contributed by atoms with van der Waals surface area (Å²) in [5.41, 5.74) is 2.46. The lowest BCUT2D eigenvalue weighted by Gasteiger charge is -2.09. The number of benzene rings is 1. The molecule has 0 saturated carbocycles.